The highest BCUT2D eigenvalue weighted by molar-refractivity contribution is 5.43. The fraction of sp³-hybridized carbons (Fsp3) is 0.389. The molecule has 1 aromatic carbocycles. The van der Waals surface area contributed by atoms with Gasteiger partial charge >= 0.3 is 0 Å². The van der Waals surface area contributed by atoms with E-state index in [9.17, 15) is 0 Å². The molecule has 3 heteroatoms. The first-order chi connectivity index (χ1) is 10.2. The number of ether oxygens (including phenoxy) is 1. The molecule has 3 nitrogen and oxygen atoms in total. The summed E-state index contributed by atoms with van der Waals surface area (Å²) < 4.78 is 5.49. The van der Waals surface area contributed by atoms with Gasteiger partial charge in [0.2, 0.25) is 0 Å². The minimum Gasteiger partial charge on any atom is -0.495 e. The number of hydrogen-bond donors (Lipinski definition) is 1. The molecule has 0 spiro atoms. The van der Waals surface area contributed by atoms with Gasteiger partial charge in [-0.05, 0) is 44.0 Å². The van der Waals surface area contributed by atoms with Crippen LogP contribution >= 0.6 is 0 Å². The van der Waals surface area contributed by atoms with E-state index in [1.54, 1.807) is 13.3 Å². The number of aromatic nitrogens is 1. The molecule has 2 aromatic rings. The Morgan fingerprint density at radius 3 is 2.67 bits per heavy atom. The molecule has 0 aliphatic heterocycles. The van der Waals surface area contributed by atoms with Crippen molar-refractivity contribution in [2.75, 3.05) is 13.7 Å². The average Bonchev–Trinajstić information content (AvgIpc) is 2.49. The Morgan fingerprint density at radius 1 is 1.19 bits per heavy atom. The van der Waals surface area contributed by atoms with Crippen molar-refractivity contribution in [3.05, 3.63) is 58.9 Å². The van der Waals surface area contributed by atoms with Gasteiger partial charge in [0.05, 0.1) is 19.3 Å². The van der Waals surface area contributed by atoms with E-state index in [0.29, 0.717) is 0 Å². The molecule has 1 heterocycles. The largest absolute Gasteiger partial charge is 0.495 e. The third kappa shape index (κ3) is 3.61. The fourth-order valence-corrected chi connectivity index (χ4v) is 2.63. The second-order valence-corrected chi connectivity index (χ2v) is 5.36. The quantitative estimate of drug-likeness (QED) is 0.876. The Kier molecular flexibility index (Phi) is 5.34. The van der Waals surface area contributed by atoms with E-state index < -0.39 is 0 Å². The monoisotopic (exact) mass is 284 g/mol. The molecule has 0 aliphatic carbocycles. The van der Waals surface area contributed by atoms with E-state index >= 15 is 0 Å². The topological polar surface area (TPSA) is 34.2 Å². The SMILES string of the molecule is CCCNC(c1ccc(C)cc1C)c1ccncc1OC. The summed E-state index contributed by atoms with van der Waals surface area (Å²) in [7, 11) is 1.69. The lowest BCUT2D eigenvalue weighted by molar-refractivity contribution is 0.401. The van der Waals surface area contributed by atoms with Crippen molar-refractivity contribution >= 4 is 0 Å². The lowest BCUT2D eigenvalue weighted by Crippen LogP contribution is -2.24. The van der Waals surface area contributed by atoms with E-state index in [-0.39, 0.29) is 6.04 Å². The first kappa shape index (κ1) is 15.5. The van der Waals surface area contributed by atoms with Crippen molar-refractivity contribution in [3.8, 4) is 5.75 Å². The lowest BCUT2D eigenvalue weighted by Gasteiger charge is -2.23. The van der Waals surface area contributed by atoms with Crippen LogP contribution in [-0.4, -0.2) is 18.6 Å². The van der Waals surface area contributed by atoms with Crippen LogP contribution in [0.25, 0.3) is 0 Å². The first-order valence-corrected chi connectivity index (χ1v) is 7.45. The van der Waals surface area contributed by atoms with Crippen molar-refractivity contribution in [1.29, 1.82) is 0 Å². The third-order valence-corrected chi connectivity index (χ3v) is 3.68. The molecular formula is C18H24N2O. The zero-order chi connectivity index (χ0) is 15.2. The second-order valence-electron chi connectivity index (χ2n) is 5.36. The zero-order valence-corrected chi connectivity index (χ0v) is 13.3. The van der Waals surface area contributed by atoms with Crippen LogP contribution in [0, 0.1) is 13.8 Å². The first-order valence-electron chi connectivity index (χ1n) is 7.45. The molecule has 0 saturated heterocycles. The van der Waals surface area contributed by atoms with Gasteiger partial charge in [-0.3, -0.25) is 4.98 Å². The highest BCUT2D eigenvalue weighted by Gasteiger charge is 2.19. The standard InChI is InChI=1S/C18H24N2O/c1-5-9-20-18(15-7-6-13(2)11-14(15)3)16-8-10-19-12-17(16)21-4/h6-8,10-12,18,20H,5,9H2,1-4H3. The van der Waals surface area contributed by atoms with Crippen molar-refractivity contribution in [3.63, 3.8) is 0 Å². The summed E-state index contributed by atoms with van der Waals surface area (Å²) in [6.07, 6.45) is 4.69. The van der Waals surface area contributed by atoms with E-state index in [4.69, 9.17) is 4.74 Å². The van der Waals surface area contributed by atoms with Gasteiger partial charge in [0.15, 0.2) is 0 Å². The predicted molar refractivity (Wildman–Crippen MR) is 86.8 cm³/mol. The molecule has 0 bridgehead atoms. The van der Waals surface area contributed by atoms with Gasteiger partial charge in [-0.2, -0.15) is 0 Å². The molecule has 0 aliphatic rings. The van der Waals surface area contributed by atoms with E-state index in [1.165, 1.54) is 16.7 Å². The van der Waals surface area contributed by atoms with E-state index in [1.807, 2.05) is 12.3 Å². The van der Waals surface area contributed by atoms with Crippen LogP contribution in [-0.2, 0) is 0 Å². The number of hydrogen-bond acceptors (Lipinski definition) is 3. The molecule has 21 heavy (non-hydrogen) atoms. The van der Waals surface area contributed by atoms with Crippen LogP contribution in [0.5, 0.6) is 5.75 Å². The van der Waals surface area contributed by atoms with Gasteiger partial charge in [-0.1, -0.05) is 30.7 Å². The van der Waals surface area contributed by atoms with Crippen molar-refractivity contribution in [1.82, 2.24) is 10.3 Å². The molecule has 0 fully saturated rings. The van der Waals surface area contributed by atoms with Gasteiger partial charge in [-0.25, -0.2) is 0 Å². The lowest BCUT2D eigenvalue weighted by atomic mass is 9.93. The number of rotatable bonds is 6. The zero-order valence-electron chi connectivity index (χ0n) is 13.3. The normalized spacial score (nSPS) is 12.2. The molecular weight excluding hydrogens is 260 g/mol. The highest BCUT2D eigenvalue weighted by atomic mass is 16.5. The minimum atomic E-state index is 0.128. The Balaban J connectivity index is 2.47. The Labute approximate surface area is 127 Å². The van der Waals surface area contributed by atoms with Gasteiger partial charge in [0.25, 0.3) is 0 Å². The fourth-order valence-electron chi connectivity index (χ4n) is 2.63. The molecule has 1 atom stereocenters. The molecule has 2 rings (SSSR count). The smallest absolute Gasteiger partial charge is 0.142 e. The van der Waals surface area contributed by atoms with Crippen LogP contribution in [0.4, 0.5) is 0 Å². The van der Waals surface area contributed by atoms with Crippen molar-refractivity contribution < 1.29 is 4.74 Å². The average molecular weight is 284 g/mol. The van der Waals surface area contributed by atoms with Gasteiger partial charge in [-0.15, -0.1) is 0 Å². The number of aryl methyl sites for hydroxylation is 2. The summed E-state index contributed by atoms with van der Waals surface area (Å²) in [5, 5.41) is 3.63. The Hall–Kier alpha value is -1.87. The summed E-state index contributed by atoms with van der Waals surface area (Å²) in [5.74, 6) is 0.825. The van der Waals surface area contributed by atoms with E-state index in [2.05, 4.69) is 49.3 Å². The van der Waals surface area contributed by atoms with Gasteiger partial charge in [0, 0.05) is 11.8 Å². The molecule has 1 N–H and O–H groups in total. The molecule has 112 valence electrons. The number of methoxy groups -OCH3 is 1. The number of pyridine rings is 1. The maximum Gasteiger partial charge on any atom is 0.142 e. The predicted octanol–water partition coefficient (Wildman–Crippen LogP) is 3.80. The van der Waals surface area contributed by atoms with Crippen LogP contribution in [0.15, 0.2) is 36.7 Å². The van der Waals surface area contributed by atoms with Crippen LogP contribution < -0.4 is 10.1 Å². The van der Waals surface area contributed by atoms with Gasteiger partial charge < -0.3 is 10.1 Å². The van der Waals surface area contributed by atoms with Crippen LogP contribution in [0.2, 0.25) is 0 Å². The molecule has 0 radical (unpaired) electrons. The summed E-state index contributed by atoms with van der Waals surface area (Å²) in [4.78, 5) is 4.16. The Morgan fingerprint density at radius 2 is 2.00 bits per heavy atom. The van der Waals surface area contributed by atoms with Gasteiger partial charge in [0.1, 0.15) is 5.75 Å². The van der Waals surface area contributed by atoms with E-state index in [0.717, 1.165) is 24.3 Å². The number of nitrogens with zero attached hydrogens (tertiary/aromatic N) is 1. The third-order valence-electron chi connectivity index (χ3n) is 3.68. The minimum absolute atomic E-state index is 0.128. The second kappa shape index (κ2) is 7.23. The molecule has 1 unspecified atom stereocenters. The summed E-state index contributed by atoms with van der Waals surface area (Å²) in [6.45, 7) is 7.42. The number of nitrogens with one attached hydrogen (secondary N) is 1. The summed E-state index contributed by atoms with van der Waals surface area (Å²) in [5.41, 5.74) is 5.00. The number of benzene rings is 1. The maximum atomic E-state index is 5.49. The molecule has 0 saturated carbocycles. The van der Waals surface area contributed by atoms with Crippen LogP contribution in [0.1, 0.15) is 41.6 Å². The summed E-state index contributed by atoms with van der Waals surface area (Å²) in [6, 6.07) is 8.76. The van der Waals surface area contributed by atoms with Crippen LogP contribution in [0.3, 0.4) is 0 Å². The van der Waals surface area contributed by atoms with Crippen molar-refractivity contribution in [2.45, 2.75) is 33.2 Å². The highest BCUT2D eigenvalue weighted by Crippen LogP contribution is 2.31. The molecule has 1 aromatic heterocycles. The maximum absolute atomic E-state index is 5.49. The van der Waals surface area contributed by atoms with Crippen molar-refractivity contribution in [2.24, 2.45) is 0 Å². The summed E-state index contributed by atoms with van der Waals surface area (Å²) >= 11 is 0. The Bertz CT molecular complexity index is 596. The molecule has 0 amide bonds.